The van der Waals surface area contributed by atoms with Crippen LogP contribution in [-0.2, 0) is 4.74 Å². The van der Waals surface area contributed by atoms with Crippen molar-refractivity contribution in [2.45, 2.75) is 25.7 Å². The molecule has 0 bridgehead atoms. The van der Waals surface area contributed by atoms with Crippen molar-refractivity contribution < 1.29 is 4.74 Å². The highest BCUT2D eigenvalue weighted by Gasteiger charge is 2.18. The maximum absolute atomic E-state index is 5.18. The summed E-state index contributed by atoms with van der Waals surface area (Å²) in [4.78, 5) is 0. The molecule has 1 rings (SSSR count). The van der Waals surface area contributed by atoms with Gasteiger partial charge in [-0.2, -0.15) is 0 Å². The molecule has 1 aliphatic rings. The standard InChI is InChI=1S/C11H18O/c1-3-10-5-7-11(8-6-10)9-12-4-2/h3-4,10-11H,1-2,5-9H2. The highest BCUT2D eigenvalue weighted by Crippen LogP contribution is 2.29. The van der Waals surface area contributed by atoms with Crippen LogP contribution in [-0.4, -0.2) is 6.61 Å². The van der Waals surface area contributed by atoms with Crippen LogP contribution in [0.2, 0.25) is 0 Å². The monoisotopic (exact) mass is 166 g/mol. The lowest BCUT2D eigenvalue weighted by Crippen LogP contribution is -2.16. The van der Waals surface area contributed by atoms with E-state index in [0.717, 1.165) is 18.4 Å². The van der Waals surface area contributed by atoms with Gasteiger partial charge in [-0.15, -0.1) is 6.58 Å². The van der Waals surface area contributed by atoms with Crippen LogP contribution in [0.15, 0.2) is 25.5 Å². The summed E-state index contributed by atoms with van der Waals surface area (Å²) in [7, 11) is 0. The molecule has 0 aromatic carbocycles. The van der Waals surface area contributed by atoms with Gasteiger partial charge in [0, 0.05) is 0 Å². The molecule has 1 nitrogen and oxygen atoms in total. The second-order valence-electron chi connectivity index (χ2n) is 3.52. The van der Waals surface area contributed by atoms with Gasteiger partial charge in [-0.05, 0) is 37.5 Å². The number of hydrogen-bond donors (Lipinski definition) is 0. The Labute approximate surface area is 75.1 Å². The van der Waals surface area contributed by atoms with Gasteiger partial charge in [0.15, 0.2) is 0 Å². The van der Waals surface area contributed by atoms with Crippen LogP contribution in [0.25, 0.3) is 0 Å². The van der Waals surface area contributed by atoms with E-state index < -0.39 is 0 Å². The summed E-state index contributed by atoms with van der Waals surface area (Å²) in [5, 5.41) is 0. The van der Waals surface area contributed by atoms with Crippen molar-refractivity contribution >= 4 is 0 Å². The Hall–Kier alpha value is -0.720. The molecule has 1 saturated carbocycles. The molecule has 1 aliphatic carbocycles. The first-order chi connectivity index (χ1) is 5.86. The zero-order chi connectivity index (χ0) is 8.81. The van der Waals surface area contributed by atoms with Gasteiger partial charge in [-0.1, -0.05) is 12.7 Å². The molecule has 0 saturated heterocycles. The molecule has 0 atom stereocenters. The highest BCUT2D eigenvalue weighted by atomic mass is 16.5. The van der Waals surface area contributed by atoms with Crippen molar-refractivity contribution in [1.82, 2.24) is 0 Å². The molecule has 0 unspecified atom stereocenters. The van der Waals surface area contributed by atoms with Gasteiger partial charge in [-0.25, -0.2) is 0 Å². The van der Waals surface area contributed by atoms with Gasteiger partial charge in [0.25, 0.3) is 0 Å². The van der Waals surface area contributed by atoms with E-state index in [2.05, 4.69) is 19.2 Å². The molecular formula is C11H18O. The summed E-state index contributed by atoms with van der Waals surface area (Å²) >= 11 is 0. The Morgan fingerprint density at radius 2 is 1.83 bits per heavy atom. The highest BCUT2D eigenvalue weighted by molar-refractivity contribution is 4.84. The first kappa shape index (κ1) is 9.37. The van der Waals surface area contributed by atoms with Crippen molar-refractivity contribution in [3.8, 4) is 0 Å². The number of rotatable bonds is 4. The SMILES string of the molecule is C=COCC1CCC(C=C)CC1. The largest absolute Gasteiger partial charge is 0.502 e. The predicted molar refractivity (Wildman–Crippen MR) is 51.8 cm³/mol. The van der Waals surface area contributed by atoms with Crippen LogP contribution in [0.3, 0.4) is 0 Å². The van der Waals surface area contributed by atoms with E-state index in [1.165, 1.54) is 25.7 Å². The molecule has 0 heterocycles. The summed E-state index contributed by atoms with van der Waals surface area (Å²) < 4.78 is 5.18. The first-order valence-electron chi connectivity index (χ1n) is 4.72. The summed E-state index contributed by atoms with van der Waals surface area (Å²) in [6, 6.07) is 0. The minimum absolute atomic E-state index is 0.749. The molecule has 0 aromatic rings. The van der Waals surface area contributed by atoms with E-state index in [9.17, 15) is 0 Å². The second kappa shape index (κ2) is 5.02. The van der Waals surface area contributed by atoms with Crippen LogP contribution in [0.4, 0.5) is 0 Å². The van der Waals surface area contributed by atoms with Crippen LogP contribution >= 0.6 is 0 Å². The van der Waals surface area contributed by atoms with Crippen molar-refractivity contribution in [2.24, 2.45) is 11.8 Å². The predicted octanol–water partition coefficient (Wildman–Crippen LogP) is 3.14. The van der Waals surface area contributed by atoms with Crippen molar-refractivity contribution in [2.75, 3.05) is 6.61 Å². The molecule has 1 fully saturated rings. The average Bonchev–Trinajstić information content (AvgIpc) is 2.15. The molecule has 12 heavy (non-hydrogen) atoms. The molecule has 1 heteroatoms. The fourth-order valence-corrected chi connectivity index (χ4v) is 1.79. The Balaban J connectivity index is 2.16. The van der Waals surface area contributed by atoms with Gasteiger partial charge in [-0.3, -0.25) is 0 Å². The van der Waals surface area contributed by atoms with Crippen molar-refractivity contribution in [3.05, 3.63) is 25.5 Å². The lowest BCUT2D eigenvalue weighted by atomic mass is 9.82. The van der Waals surface area contributed by atoms with Crippen LogP contribution in [0, 0.1) is 11.8 Å². The molecule has 0 N–H and O–H groups in total. The number of allylic oxidation sites excluding steroid dienone is 1. The van der Waals surface area contributed by atoms with Gasteiger partial charge in [0.2, 0.25) is 0 Å². The molecule has 0 aliphatic heterocycles. The van der Waals surface area contributed by atoms with Crippen LogP contribution in [0.1, 0.15) is 25.7 Å². The quantitative estimate of drug-likeness (QED) is 0.460. The average molecular weight is 166 g/mol. The van der Waals surface area contributed by atoms with E-state index in [4.69, 9.17) is 4.74 Å². The first-order valence-corrected chi connectivity index (χ1v) is 4.72. The summed E-state index contributed by atoms with van der Waals surface area (Å²) in [6.07, 6.45) is 8.77. The van der Waals surface area contributed by atoms with E-state index in [0.29, 0.717) is 0 Å². The summed E-state index contributed by atoms with van der Waals surface area (Å²) in [5.74, 6) is 1.50. The van der Waals surface area contributed by atoms with Crippen LogP contribution in [0.5, 0.6) is 0 Å². The number of ether oxygens (including phenoxy) is 1. The van der Waals surface area contributed by atoms with E-state index in [-0.39, 0.29) is 0 Å². The Morgan fingerprint density at radius 3 is 2.33 bits per heavy atom. The molecule has 0 spiro atoms. The smallest absolute Gasteiger partial charge is 0.0901 e. The third-order valence-electron chi connectivity index (χ3n) is 2.67. The van der Waals surface area contributed by atoms with Gasteiger partial charge in [0.05, 0.1) is 12.9 Å². The zero-order valence-corrected chi connectivity index (χ0v) is 7.67. The van der Waals surface area contributed by atoms with Crippen molar-refractivity contribution in [3.63, 3.8) is 0 Å². The van der Waals surface area contributed by atoms with Crippen molar-refractivity contribution in [1.29, 1.82) is 0 Å². The molecule has 0 radical (unpaired) electrons. The van der Waals surface area contributed by atoms with Gasteiger partial charge < -0.3 is 4.74 Å². The Morgan fingerprint density at radius 1 is 1.17 bits per heavy atom. The zero-order valence-electron chi connectivity index (χ0n) is 7.67. The minimum atomic E-state index is 0.749. The van der Waals surface area contributed by atoms with Gasteiger partial charge >= 0.3 is 0 Å². The normalized spacial score (nSPS) is 29.3. The van der Waals surface area contributed by atoms with Gasteiger partial charge in [0.1, 0.15) is 0 Å². The Bertz CT molecular complexity index is 143. The fourth-order valence-electron chi connectivity index (χ4n) is 1.79. The summed E-state index contributed by atoms with van der Waals surface area (Å²) in [5.41, 5.74) is 0. The maximum atomic E-state index is 5.18. The number of hydrogen-bond acceptors (Lipinski definition) is 1. The molecule has 68 valence electrons. The van der Waals surface area contributed by atoms with Crippen LogP contribution < -0.4 is 0 Å². The lowest BCUT2D eigenvalue weighted by Gasteiger charge is -2.25. The van der Waals surface area contributed by atoms with E-state index in [1.54, 1.807) is 6.26 Å². The minimum Gasteiger partial charge on any atom is -0.502 e. The Kier molecular flexibility index (Phi) is 3.92. The molecule has 0 amide bonds. The lowest BCUT2D eigenvalue weighted by molar-refractivity contribution is 0.157. The maximum Gasteiger partial charge on any atom is 0.0901 e. The topological polar surface area (TPSA) is 9.23 Å². The van der Waals surface area contributed by atoms with E-state index >= 15 is 0 Å². The van der Waals surface area contributed by atoms with E-state index in [1.807, 2.05) is 0 Å². The molecular weight excluding hydrogens is 148 g/mol. The molecule has 0 aromatic heterocycles. The fraction of sp³-hybridized carbons (Fsp3) is 0.636. The third-order valence-corrected chi connectivity index (χ3v) is 2.67. The summed E-state index contributed by atoms with van der Waals surface area (Å²) in [6.45, 7) is 8.22. The third kappa shape index (κ3) is 2.72. The second-order valence-corrected chi connectivity index (χ2v) is 3.52.